The molecule has 1 N–H and O–H groups in total. The van der Waals surface area contributed by atoms with E-state index in [0.29, 0.717) is 5.69 Å². The Morgan fingerprint density at radius 1 is 1.42 bits per heavy atom. The maximum atomic E-state index is 10.2. The first-order chi connectivity index (χ1) is 5.72. The number of nitrogens with one attached hydrogen (secondary N) is 1. The molecule has 4 heteroatoms. The number of anilines is 1. The van der Waals surface area contributed by atoms with E-state index >= 15 is 0 Å². The average molecular weight is 180 g/mol. The van der Waals surface area contributed by atoms with E-state index in [4.69, 9.17) is 6.42 Å². The van der Waals surface area contributed by atoms with E-state index in [9.17, 15) is 8.76 Å². The third-order valence-corrected chi connectivity index (χ3v) is 1.66. The topological polar surface area (TPSA) is 52.2 Å². The summed E-state index contributed by atoms with van der Waals surface area (Å²) in [5.74, 6) is 2.43. The van der Waals surface area contributed by atoms with Crippen LogP contribution in [0.1, 0.15) is 5.56 Å². The summed E-state index contributed by atoms with van der Waals surface area (Å²) in [6.45, 7) is 0. The molecule has 0 aliphatic heterocycles. The maximum Gasteiger partial charge on any atom is 0.0453 e. The fraction of sp³-hybridized carbons (Fsp3) is 0. The Balaban J connectivity index is 2.80. The van der Waals surface area contributed by atoms with Crippen molar-refractivity contribution in [2.24, 2.45) is 0 Å². The smallest absolute Gasteiger partial charge is 0.0453 e. The second-order valence-corrected chi connectivity index (χ2v) is 2.73. The van der Waals surface area contributed by atoms with Crippen molar-refractivity contribution in [2.75, 3.05) is 4.72 Å². The minimum Gasteiger partial charge on any atom is -0.755 e. The van der Waals surface area contributed by atoms with Gasteiger partial charge in [0.15, 0.2) is 0 Å². The second kappa shape index (κ2) is 3.90. The standard InChI is InChI=1S/C8H7NO2S/c1-2-7-3-5-8(6-4-7)9-12(10)11/h1,3-6,9H,(H,10,11)/p-1. The Hall–Kier alpha value is -1.31. The molecular formula is C8H6NO2S-. The van der Waals surface area contributed by atoms with Gasteiger partial charge in [0.2, 0.25) is 0 Å². The highest BCUT2D eigenvalue weighted by Gasteiger charge is 1.89. The molecule has 0 spiro atoms. The summed E-state index contributed by atoms with van der Waals surface area (Å²) in [6, 6.07) is 6.53. The van der Waals surface area contributed by atoms with E-state index < -0.39 is 11.3 Å². The van der Waals surface area contributed by atoms with Crippen LogP contribution >= 0.6 is 0 Å². The first-order valence-corrected chi connectivity index (χ1v) is 4.22. The summed E-state index contributed by atoms with van der Waals surface area (Å²) in [5, 5.41) is 0. The average Bonchev–Trinajstić information content (AvgIpc) is 2.05. The van der Waals surface area contributed by atoms with E-state index in [1.165, 1.54) is 0 Å². The lowest BCUT2D eigenvalue weighted by Gasteiger charge is -2.07. The van der Waals surface area contributed by atoms with Crippen molar-refractivity contribution in [3.63, 3.8) is 0 Å². The highest BCUT2D eigenvalue weighted by atomic mass is 32.2. The molecule has 0 aliphatic carbocycles. The third-order valence-electron chi connectivity index (χ3n) is 1.25. The molecule has 1 aromatic rings. The SMILES string of the molecule is C#Cc1ccc(NS(=O)[O-])cc1. The molecular weight excluding hydrogens is 174 g/mol. The van der Waals surface area contributed by atoms with Gasteiger partial charge >= 0.3 is 0 Å². The van der Waals surface area contributed by atoms with Crippen molar-refractivity contribution in [3.8, 4) is 12.3 Å². The Morgan fingerprint density at radius 2 is 2.00 bits per heavy atom. The molecule has 0 saturated carbocycles. The highest BCUT2D eigenvalue weighted by molar-refractivity contribution is 7.80. The van der Waals surface area contributed by atoms with Gasteiger partial charge in [-0.05, 0) is 24.3 Å². The molecule has 0 heterocycles. The Labute approximate surface area is 73.2 Å². The number of terminal acetylenes is 1. The van der Waals surface area contributed by atoms with E-state index in [2.05, 4.69) is 10.6 Å². The monoisotopic (exact) mass is 180 g/mol. The predicted molar refractivity (Wildman–Crippen MR) is 46.9 cm³/mol. The summed E-state index contributed by atoms with van der Waals surface area (Å²) < 4.78 is 22.5. The van der Waals surface area contributed by atoms with Gasteiger partial charge < -0.3 is 9.27 Å². The summed E-state index contributed by atoms with van der Waals surface area (Å²) in [7, 11) is 0. The largest absolute Gasteiger partial charge is 0.755 e. The van der Waals surface area contributed by atoms with Crippen LogP contribution in [-0.2, 0) is 11.3 Å². The van der Waals surface area contributed by atoms with Crippen molar-refractivity contribution < 1.29 is 8.76 Å². The molecule has 0 bridgehead atoms. The van der Waals surface area contributed by atoms with E-state index in [1.54, 1.807) is 24.3 Å². The lowest BCUT2D eigenvalue weighted by Crippen LogP contribution is -2.01. The van der Waals surface area contributed by atoms with E-state index in [1.807, 2.05) is 0 Å². The quantitative estimate of drug-likeness (QED) is 0.542. The lowest BCUT2D eigenvalue weighted by molar-refractivity contribution is 0.542. The van der Waals surface area contributed by atoms with Crippen LogP contribution in [0.3, 0.4) is 0 Å². The number of rotatable bonds is 2. The van der Waals surface area contributed by atoms with Crippen molar-refractivity contribution in [3.05, 3.63) is 29.8 Å². The predicted octanol–water partition coefficient (Wildman–Crippen LogP) is 0.874. The van der Waals surface area contributed by atoms with Gasteiger partial charge in [0, 0.05) is 22.5 Å². The molecule has 0 amide bonds. The number of hydrogen-bond acceptors (Lipinski definition) is 2. The first-order valence-electron chi connectivity index (χ1n) is 3.15. The number of benzene rings is 1. The molecule has 0 aliphatic rings. The summed E-state index contributed by atoms with van der Waals surface area (Å²) in [6.07, 6.45) is 5.11. The Bertz CT molecular complexity index is 326. The van der Waals surface area contributed by atoms with Crippen molar-refractivity contribution in [1.29, 1.82) is 0 Å². The zero-order chi connectivity index (χ0) is 8.97. The van der Waals surface area contributed by atoms with Crippen LogP contribution in [0, 0.1) is 12.3 Å². The van der Waals surface area contributed by atoms with E-state index in [-0.39, 0.29) is 0 Å². The van der Waals surface area contributed by atoms with Crippen LogP contribution < -0.4 is 4.72 Å². The number of hydrogen-bond donors (Lipinski definition) is 1. The molecule has 1 aromatic carbocycles. The summed E-state index contributed by atoms with van der Waals surface area (Å²) in [4.78, 5) is 0. The molecule has 0 aromatic heterocycles. The zero-order valence-electron chi connectivity index (χ0n) is 6.11. The Kier molecular flexibility index (Phi) is 2.86. The zero-order valence-corrected chi connectivity index (χ0v) is 6.93. The van der Waals surface area contributed by atoms with Crippen LogP contribution in [0.25, 0.3) is 0 Å². The normalized spacial score (nSPS) is 11.7. The fourth-order valence-electron chi connectivity index (χ4n) is 0.731. The molecule has 3 nitrogen and oxygen atoms in total. The molecule has 0 fully saturated rings. The molecule has 0 saturated heterocycles. The van der Waals surface area contributed by atoms with Gasteiger partial charge in [-0.15, -0.1) is 6.42 Å². The summed E-state index contributed by atoms with van der Waals surface area (Å²) in [5.41, 5.74) is 1.22. The van der Waals surface area contributed by atoms with Crippen LogP contribution in [0.15, 0.2) is 24.3 Å². The fourth-order valence-corrected chi connectivity index (χ4v) is 1.06. The van der Waals surface area contributed by atoms with Gasteiger partial charge in [0.05, 0.1) is 0 Å². The molecule has 62 valence electrons. The Morgan fingerprint density at radius 3 is 2.42 bits per heavy atom. The van der Waals surface area contributed by atoms with Crippen LogP contribution in [0.2, 0.25) is 0 Å². The first kappa shape index (κ1) is 8.78. The van der Waals surface area contributed by atoms with Gasteiger partial charge in [-0.3, -0.25) is 4.21 Å². The molecule has 1 atom stereocenters. The van der Waals surface area contributed by atoms with Crippen molar-refractivity contribution >= 4 is 17.0 Å². The van der Waals surface area contributed by atoms with Gasteiger partial charge in [-0.25, -0.2) is 0 Å². The summed E-state index contributed by atoms with van der Waals surface area (Å²) >= 11 is -2.28. The van der Waals surface area contributed by atoms with Gasteiger partial charge in [-0.1, -0.05) is 5.92 Å². The third kappa shape index (κ3) is 2.38. The van der Waals surface area contributed by atoms with Crippen LogP contribution in [0.4, 0.5) is 5.69 Å². The molecule has 1 rings (SSSR count). The van der Waals surface area contributed by atoms with Crippen LogP contribution in [-0.4, -0.2) is 8.76 Å². The van der Waals surface area contributed by atoms with Gasteiger partial charge in [0.25, 0.3) is 0 Å². The van der Waals surface area contributed by atoms with E-state index in [0.717, 1.165) is 5.56 Å². The molecule has 12 heavy (non-hydrogen) atoms. The van der Waals surface area contributed by atoms with Crippen molar-refractivity contribution in [2.45, 2.75) is 0 Å². The molecule has 1 unspecified atom stereocenters. The second-order valence-electron chi connectivity index (χ2n) is 2.06. The molecule has 0 radical (unpaired) electrons. The van der Waals surface area contributed by atoms with Crippen molar-refractivity contribution in [1.82, 2.24) is 0 Å². The minimum atomic E-state index is -2.28. The van der Waals surface area contributed by atoms with Gasteiger partial charge in [-0.2, -0.15) is 0 Å². The lowest BCUT2D eigenvalue weighted by atomic mass is 10.2. The highest BCUT2D eigenvalue weighted by Crippen LogP contribution is 2.08. The van der Waals surface area contributed by atoms with Gasteiger partial charge in [0.1, 0.15) is 0 Å². The minimum absolute atomic E-state index is 0.502. The van der Waals surface area contributed by atoms with Crippen LogP contribution in [0.5, 0.6) is 0 Å². The maximum absolute atomic E-state index is 10.2.